The molecular formula is C10H20N2O3. The molecule has 88 valence electrons. The van der Waals surface area contributed by atoms with E-state index in [1.807, 2.05) is 5.01 Å². The van der Waals surface area contributed by atoms with Gasteiger partial charge in [0.1, 0.15) is 6.61 Å². The number of carbonyl (C=O) groups is 1. The van der Waals surface area contributed by atoms with Crippen LogP contribution in [0.5, 0.6) is 0 Å². The van der Waals surface area contributed by atoms with Crippen LogP contribution in [0.25, 0.3) is 0 Å². The van der Waals surface area contributed by atoms with Gasteiger partial charge in [-0.25, -0.2) is 5.01 Å². The second kappa shape index (κ2) is 7.62. The Bertz CT molecular complexity index is 182. The lowest BCUT2D eigenvalue weighted by atomic mass is 10.2. The number of amides is 1. The number of ether oxygens (including phenoxy) is 2. The predicted octanol–water partition coefficient (Wildman–Crippen LogP) is 0.167. The van der Waals surface area contributed by atoms with Gasteiger partial charge in [-0.1, -0.05) is 6.42 Å². The van der Waals surface area contributed by atoms with Gasteiger partial charge in [-0.05, 0) is 12.8 Å². The van der Waals surface area contributed by atoms with Crippen LogP contribution in [-0.4, -0.2) is 50.9 Å². The molecule has 1 fully saturated rings. The van der Waals surface area contributed by atoms with Crippen LogP contribution in [0.3, 0.4) is 0 Å². The molecule has 1 amide bonds. The molecule has 1 aliphatic rings. The van der Waals surface area contributed by atoms with Gasteiger partial charge in [0.25, 0.3) is 5.91 Å². The summed E-state index contributed by atoms with van der Waals surface area (Å²) in [6, 6.07) is 0. The fourth-order valence-electron chi connectivity index (χ4n) is 1.52. The highest BCUT2D eigenvalue weighted by Gasteiger charge is 2.12. The summed E-state index contributed by atoms with van der Waals surface area (Å²) in [6.45, 7) is 2.99. The van der Waals surface area contributed by atoms with Crippen molar-refractivity contribution < 1.29 is 14.3 Å². The molecular weight excluding hydrogens is 196 g/mol. The first-order valence-electron chi connectivity index (χ1n) is 5.44. The summed E-state index contributed by atoms with van der Waals surface area (Å²) in [7, 11) is 1.61. The van der Waals surface area contributed by atoms with Crippen LogP contribution in [0.4, 0.5) is 0 Å². The summed E-state index contributed by atoms with van der Waals surface area (Å²) in [5.41, 5.74) is 2.82. The molecule has 1 saturated heterocycles. The summed E-state index contributed by atoms with van der Waals surface area (Å²) in [5, 5.41) is 1.96. The molecule has 0 saturated carbocycles. The van der Waals surface area contributed by atoms with Crippen LogP contribution in [0.1, 0.15) is 19.3 Å². The maximum Gasteiger partial charge on any atom is 0.260 e. The molecule has 5 nitrogen and oxygen atoms in total. The van der Waals surface area contributed by atoms with E-state index < -0.39 is 0 Å². The van der Waals surface area contributed by atoms with Crippen LogP contribution in [-0.2, 0) is 14.3 Å². The van der Waals surface area contributed by atoms with Gasteiger partial charge in [0.15, 0.2) is 0 Å². The second-order valence-electron chi connectivity index (χ2n) is 3.63. The van der Waals surface area contributed by atoms with E-state index in [0.717, 1.165) is 25.9 Å². The minimum atomic E-state index is -0.0759. The fraction of sp³-hybridized carbons (Fsp3) is 0.900. The molecule has 1 rings (SSSR count). The average Bonchev–Trinajstić information content (AvgIpc) is 2.26. The Kier molecular flexibility index (Phi) is 6.31. The molecule has 0 bridgehead atoms. The summed E-state index contributed by atoms with van der Waals surface area (Å²) in [5.74, 6) is -0.0759. The molecule has 1 aliphatic heterocycles. The number of hydrogen-bond acceptors (Lipinski definition) is 4. The minimum absolute atomic E-state index is 0.0759. The molecule has 0 spiro atoms. The third kappa shape index (κ3) is 5.71. The number of methoxy groups -OCH3 is 1. The first kappa shape index (κ1) is 12.4. The van der Waals surface area contributed by atoms with E-state index in [9.17, 15) is 4.79 Å². The van der Waals surface area contributed by atoms with Crippen molar-refractivity contribution in [3.05, 3.63) is 0 Å². The fourth-order valence-corrected chi connectivity index (χ4v) is 1.52. The molecule has 0 atom stereocenters. The van der Waals surface area contributed by atoms with Gasteiger partial charge < -0.3 is 9.47 Å². The zero-order valence-electron chi connectivity index (χ0n) is 9.33. The first-order chi connectivity index (χ1) is 7.33. The number of nitrogens with one attached hydrogen (secondary N) is 1. The highest BCUT2D eigenvalue weighted by Crippen LogP contribution is 2.05. The van der Waals surface area contributed by atoms with E-state index in [0.29, 0.717) is 13.2 Å². The van der Waals surface area contributed by atoms with Crippen molar-refractivity contribution in [3.8, 4) is 0 Å². The maximum absolute atomic E-state index is 11.4. The van der Waals surface area contributed by atoms with Crippen LogP contribution < -0.4 is 5.43 Å². The first-order valence-corrected chi connectivity index (χ1v) is 5.44. The molecule has 1 heterocycles. The Morgan fingerprint density at radius 1 is 1.27 bits per heavy atom. The smallest absolute Gasteiger partial charge is 0.260 e. The highest BCUT2D eigenvalue weighted by molar-refractivity contribution is 5.76. The standard InChI is InChI=1S/C10H20N2O3/c1-14-7-8-15-9-10(13)11-12-5-3-2-4-6-12/h2-9H2,1H3,(H,11,13). The van der Waals surface area contributed by atoms with Crippen molar-refractivity contribution in [2.24, 2.45) is 0 Å². The number of nitrogens with zero attached hydrogens (tertiary/aromatic N) is 1. The van der Waals surface area contributed by atoms with E-state index >= 15 is 0 Å². The molecule has 0 aromatic carbocycles. The summed E-state index contributed by atoms with van der Waals surface area (Å²) in [4.78, 5) is 11.4. The molecule has 0 aliphatic carbocycles. The lowest BCUT2D eigenvalue weighted by molar-refractivity contribution is -0.131. The molecule has 0 unspecified atom stereocenters. The van der Waals surface area contributed by atoms with Crippen molar-refractivity contribution >= 4 is 5.91 Å². The van der Waals surface area contributed by atoms with Gasteiger partial charge in [0.05, 0.1) is 13.2 Å². The van der Waals surface area contributed by atoms with Crippen molar-refractivity contribution in [2.75, 3.05) is 40.0 Å². The Morgan fingerprint density at radius 3 is 2.67 bits per heavy atom. The molecule has 0 aromatic heterocycles. The van der Waals surface area contributed by atoms with Crippen LogP contribution >= 0.6 is 0 Å². The van der Waals surface area contributed by atoms with E-state index in [1.165, 1.54) is 6.42 Å². The molecule has 5 heteroatoms. The van der Waals surface area contributed by atoms with Crippen LogP contribution in [0.2, 0.25) is 0 Å². The summed E-state index contributed by atoms with van der Waals surface area (Å²) in [6.07, 6.45) is 3.58. The topological polar surface area (TPSA) is 50.8 Å². The van der Waals surface area contributed by atoms with Gasteiger partial charge in [-0.3, -0.25) is 10.2 Å². The Balaban J connectivity index is 2.01. The number of carbonyl (C=O) groups excluding carboxylic acids is 1. The van der Waals surface area contributed by atoms with Crippen molar-refractivity contribution in [1.29, 1.82) is 0 Å². The van der Waals surface area contributed by atoms with E-state index in [2.05, 4.69) is 5.43 Å². The quantitative estimate of drug-likeness (QED) is 0.643. The van der Waals surface area contributed by atoms with Crippen molar-refractivity contribution in [1.82, 2.24) is 10.4 Å². The summed E-state index contributed by atoms with van der Waals surface area (Å²) >= 11 is 0. The third-order valence-electron chi connectivity index (χ3n) is 2.30. The zero-order chi connectivity index (χ0) is 10.9. The largest absolute Gasteiger partial charge is 0.382 e. The second-order valence-corrected chi connectivity index (χ2v) is 3.63. The predicted molar refractivity (Wildman–Crippen MR) is 56.3 cm³/mol. The Hall–Kier alpha value is -0.650. The van der Waals surface area contributed by atoms with Gasteiger partial charge in [0.2, 0.25) is 0 Å². The monoisotopic (exact) mass is 216 g/mol. The zero-order valence-corrected chi connectivity index (χ0v) is 9.33. The van der Waals surface area contributed by atoms with E-state index in [4.69, 9.17) is 9.47 Å². The number of rotatable bonds is 6. The van der Waals surface area contributed by atoms with Crippen molar-refractivity contribution in [2.45, 2.75) is 19.3 Å². The lowest BCUT2D eigenvalue weighted by Crippen LogP contribution is -2.46. The molecule has 0 aromatic rings. The van der Waals surface area contributed by atoms with Crippen LogP contribution in [0.15, 0.2) is 0 Å². The maximum atomic E-state index is 11.4. The molecule has 1 N–H and O–H groups in total. The average molecular weight is 216 g/mol. The van der Waals surface area contributed by atoms with Gasteiger partial charge in [-0.2, -0.15) is 0 Å². The van der Waals surface area contributed by atoms with Gasteiger partial charge >= 0.3 is 0 Å². The van der Waals surface area contributed by atoms with Gasteiger partial charge in [0, 0.05) is 20.2 Å². The number of hydrogen-bond donors (Lipinski definition) is 1. The molecule has 15 heavy (non-hydrogen) atoms. The van der Waals surface area contributed by atoms with Crippen LogP contribution in [0, 0.1) is 0 Å². The van der Waals surface area contributed by atoms with Gasteiger partial charge in [-0.15, -0.1) is 0 Å². The normalized spacial score (nSPS) is 17.7. The lowest BCUT2D eigenvalue weighted by Gasteiger charge is -2.26. The molecule has 0 radical (unpaired) electrons. The number of hydrazine groups is 1. The van der Waals surface area contributed by atoms with E-state index in [-0.39, 0.29) is 12.5 Å². The third-order valence-corrected chi connectivity index (χ3v) is 2.30. The minimum Gasteiger partial charge on any atom is -0.382 e. The SMILES string of the molecule is COCCOCC(=O)NN1CCCCC1. The Morgan fingerprint density at radius 2 is 2.00 bits per heavy atom. The number of piperidine rings is 1. The van der Waals surface area contributed by atoms with E-state index in [1.54, 1.807) is 7.11 Å². The Labute approximate surface area is 90.7 Å². The highest BCUT2D eigenvalue weighted by atomic mass is 16.5. The van der Waals surface area contributed by atoms with Crippen molar-refractivity contribution in [3.63, 3.8) is 0 Å². The summed E-state index contributed by atoms with van der Waals surface area (Å²) < 4.78 is 9.92.